The Labute approximate surface area is 177 Å². The van der Waals surface area contributed by atoms with Crippen LogP contribution in [0.1, 0.15) is 12.8 Å². The number of nitrogens with one attached hydrogen (secondary N) is 1. The number of carbonyl (C=O) groups excluding carboxylic acids is 2. The molecule has 2 aromatic carbocycles. The molecule has 2 amide bonds. The molecule has 3 heterocycles. The van der Waals surface area contributed by atoms with E-state index in [1.165, 1.54) is 11.3 Å². The highest BCUT2D eigenvalue weighted by Crippen LogP contribution is 2.26. The molecule has 4 aromatic rings. The molecule has 0 radical (unpaired) electrons. The first-order chi connectivity index (χ1) is 14.7. The van der Waals surface area contributed by atoms with Crippen molar-refractivity contribution in [2.75, 3.05) is 16.8 Å². The summed E-state index contributed by atoms with van der Waals surface area (Å²) in [6.07, 6.45) is 1.44. The zero-order valence-corrected chi connectivity index (χ0v) is 16.9. The first-order valence-electron chi connectivity index (χ1n) is 9.73. The summed E-state index contributed by atoms with van der Waals surface area (Å²) >= 11 is 1.49. The lowest BCUT2D eigenvalue weighted by Crippen LogP contribution is -2.24. The molecule has 1 aliphatic heterocycles. The molecule has 5 rings (SSSR count). The van der Waals surface area contributed by atoms with Gasteiger partial charge in [0.15, 0.2) is 5.82 Å². The lowest BCUT2D eigenvalue weighted by molar-refractivity contribution is -0.117. The maximum absolute atomic E-state index is 12.9. The second-order valence-corrected chi connectivity index (χ2v) is 7.85. The second-order valence-electron chi connectivity index (χ2n) is 7.13. The second kappa shape index (κ2) is 7.72. The molecule has 0 spiro atoms. The molecular weight excluding hydrogens is 398 g/mol. The largest absolute Gasteiger partial charge is 0.324 e. The summed E-state index contributed by atoms with van der Waals surface area (Å²) in [6.45, 7) is 0.828. The molecule has 0 saturated carbocycles. The molecular formula is C22H19N5O2S. The number of amides is 2. The average molecular weight is 417 g/mol. The van der Waals surface area contributed by atoms with Crippen molar-refractivity contribution >= 4 is 45.6 Å². The third kappa shape index (κ3) is 3.46. The van der Waals surface area contributed by atoms with Crippen molar-refractivity contribution < 1.29 is 9.59 Å². The average Bonchev–Trinajstić information content (AvgIpc) is 3.48. The Hall–Kier alpha value is -3.52. The summed E-state index contributed by atoms with van der Waals surface area (Å²) in [5.74, 6) is 0.625. The van der Waals surface area contributed by atoms with Crippen molar-refractivity contribution in [1.82, 2.24) is 14.5 Å². The number of thiazole rings is 1. The molecule has 8 heteroatoms. The van der Waals surface area contributed by atoms with Crippen LogP contribution in [-0.2, 0) is 16.1 Å². The number of fused-ring (bicyclic) bond motifs is 1. The molecule has 1 N–H and O–H groups in total. The van der Waals surface area contributed by atoms with Crippen LogP contribution in [0.4, 0.5) is 11.4 Å². The lowest BCUT2D eigenvalue weighted by atomic mass is 10.2. The minimum absolute atomic E-state index is 0.111. The summed E-state index contributed by atoms with van der Waals surface area (Å²) in [5.41, 5.74) is 5.68. The number of hydrogen-bond donors (Lipinski definition) is 1. The van der Waals surface area contributed by atoms with E-state index in [2.05, 4.69) is 15.3 Å². The molecule has 150 valence electrons. The number of para-hydroxylation sites is 2. The number of anilines is 2. The van der Waals surface area contributed by atoms with Crippen LogP contribution in [0.2, 0.25) is 0 Å². The van der Waals surface area contributed by atoms with Crippen molar-refractivity contribution in [3.63, 3.8) is 0 Å². The predicted molar refractivity (Wildman–Crippen MR) is 117 cm³/mol. The lowest BCUT2D eigenvalue weighted by Gasteiger charge is -2.17. The highest BCUT2D eigenvalue weighted by Gasteiger charge is 2.22. The fourth-order valence-corrected chi connectivity index (χ4v) is 4.30. The first kappa shape index (κ1) is 18.5. The van der Waals surface area contributed by atoms with Gasteiger partial charge in [0.25, 0.3) is 0 Å². The van der Waals surface area contributed by atoms with Gasteiger partial charge in [-0.05, 0) is 36.8 Å². The smallest absolute Gasteiger partial charge is 0.244 e. The predicted octanol–water partition coefficient (Wildman–Crippen LogP) is 3.93. The van der Waals surface area contributed by atoms with Crippen LogP contribution in [0, 0.1) is 0 Å². The van der Waals surface area contributed by atoms with Crippen molar-refractivity contribution in [1.29, 1.82) is 0 Å². The Bertz CT molecular complexity index is 1230. The van der Waals surface area contributed by atoms with Gasteiger partial charge in [-0.25, -0.2) is 9.97 Å². The van der Waals surface area contributed by atoms with Gasteiger partial charge in [-0.3, -0.25) is 9.59 Å². The van der Waals surface area contributed by atoms with E-state index in [1.807, 2.05) is 58.5 Å². The number of nitrogens with zero attached hydrogens (tertiary/aromatic N) is 4. The molecule has 0 atom stereocenters. The third-order valence-corrected chi connectivity index (χ3v) is 5.72. The Morgan fingerprint density at radius 1 is 1.17 bits per heavy atom. The summed E-state index contributed by atoms with van der Waals surface area (Å²) in [5, 5.41) is 4.88. The molecule has 30 heavy (non-hydrogen) atoms. The number of rotatable bonds is 5. The van der Waals surface area contributed by atoms with E-state index >= 15 is 0 Å². The highest BCUT2D eigenvalue weighted by atomic mass is 32.1. The van der Waals surface area contributed by atoms with Crippen LogP contribution in [0.25, 0.3) is 22.6 Å². The zero-order valence-electron chi connectivity index (χ0n) is 16.1. The minimum Gasteiger partial charge on any atom is -0.324 e. The van der Waals surface area contributed by atoms with Gasteiger partial charge >= 0.3 is 0 Å². The van der Waals surface area contributed by atoms with Crippen molar-refractivity contribution in [3.8, 4) is 11.5 Å². The molecule has 2 aromatic heterocycles. The van der Waals surface area contributed by atoms with Gasteiger partial charge < -0.3 is 14.8 Å². The summed E-state index contributed by atoms with van der Waals surface area (Å²) in [7, 11) is 0. The maximum Gasteiger partial charge on any atom is 0.244 e. The Morgan fingerprint density at radius 3 is 2.87 bits per heavy atom. The molecule has 7 nitrogen and oxygen atoms in total. The van der Waals surface area contributed by atoms with E-state index in [0.29, 0.717) is 24.5 Å². The molecule has 1 fully saturated rings. The van der Waals surface area contributed by atoms with Gasteiger partial charge in [0.2, 0.25) is 11.8 Å². The number of hydrogen-bond acceptors (Lipinski definition) is 5. The van der Waals surface area contributed by atoms with Gasteiger partial charge in [-0.2, -0.15) is 0 Å². The van der Waals surface area contributed by atoms with Gasteiger partial charge in [0.1, 0.15) is 12.2 Å². The summed E-state index contributed by atoms with van der Waals surface area (Å²) in [4.78, 5) is 35.7. The Morgan fingerprint density at radius 2 is 2.07 bits per heavy atom. The Balaban J connectivity index is 1.41. The number of carbonyl (C=O) groups is 2. The topological polar surface area (TPSA) is 80.1 Å². The van der Waals surface area contributed by atoms with Crippen molar-refractivity contribution in [3.05, 3.63) is 59.4 Å². The monoisotopic (exact) mass is 417 g/mol. The number of imidazole rings is 1. The zero-order chi connectivity index (χ0) is 20.5. The molecule has 1 aliphatic rings. The molecule has 1 saturated heterocycles. The van der Waals surface area contributed by atoms with Crippen molar-refractivity contribution in [2.24, 2.45) is 0 Å². The van der Waals surface area contributed by atoms with Crippen molar-refractivity contribution in [2.45, 2.75) is 19.4 Å². The van der Waals surface area contributed by atoms with Crippen LogP contribution < -0.4 is 10.2 Å². The minimum atomic E-state index is -0.167. The fraction of sp³-hybridized carbons (Fsp3) is 0.182. The number of aromatic nitrogens is 3. The Kier molecular flexibility index (Phi) is 4.76. The van der Waals surface area contributed by atoms with Crippen LogP contribution >= 0.6 is 11.3 Å². The normalized spacial score (nSPS) is 13.9. The van der Waals surface area contributed by atoms with E-state index in [1.54, 1.807) is 10.4 Å². The highest BCUT2D eigenvalue weighted by molar-refractivity contribution is 7.07. The SMILES string of the molecule is O=C(Cn1c(-c2cscn2)nc2ccccc21)Nc1cccc(N2CCCC2=O)c1. The molecule has 0 aliphatic carbocycles. The number of benzene rings is 2. The van der Waals surface area contributed by atoms with Crippen LogP contribution in [0.3, 0.4) is 0 Å². The summed E-state index contributed by atoms with van der Waals surface area (Å²) < 4.78 is 1.88. The quantitative estimate of drug-likeness (QED) is 0.534. The first-order valence-corrected chi connectivity index (χ1v) is 10.7. The van der Waals surface area contributed by atoms with Crippen LogP contribution in [0.5, 0.6) is 0 Å². The fourth-order valence-electron chi connectivity index (χ4n) is 3.77. The van der Waals surface area contributed by atoms with Gasteiger partial charge in [0, 0.05) is 29.7 Å². The summed E-state index contributed by atoms with van der Waals surface area (Å²) in [6, 6.07) is 15.1. The van der Waals surface area contributed by atoms with E-state index in [9.17, 15) is 9.59 Å². The van der Waals surface area contributed by atoms with E-state index < -0.39 is 0 Å². The van der Waals surface area contributed by atoms with E-state index in [-0.39, 0.29) is 18.4 Å². The standard InChI is InChI=1S/C22H19N5O2S/c28-20(24-15-5-3-6-16(11-15)26-10-4-9-21(26)29)12-27-19-8-2-1-7-17(19)25-22(27)18-13-30-14-23-18/h1-3,5-8,11,13-14H,4,9-10,12H2,(H,24,28). The van der Waals surface area contributed by atoms with Crippen LogP contribution in [-0.4, -0.2) is 32.9 Å². The third-order valence-electron chi connectivity index (χ3n) is 5.13. The van der Waals surface area contributed by atoms with E-state index in [4.69, 9.17) is 0 Å². The van der Waals surface area contributed by atoms with Gasteiger partial charge in [-0.1, -0.05) is 18.2 Å². The van der Waals surface area contributed by atoms with Gasteiger partial charge in [0.05, 0.1) is 16.5 Å². The van der Waals surface area contributed by atoms with Crippen LogP contribution in [0.15, 0.2) is 59.4 Å². The molecule has 0 bridgehead atoms. The molecule has 0 unspecified atom stereocenters. The maximum atomic E-state index is 12.9. The van der Waals surface area contributed by atoms with E-state index in [0.717, 1.165) is 28.8 Å². The van der Waals surface area contributed by atoms with Gasteiger partial charge in [-0.15, -0.1) is 11.3 Å².